The van der Waals surface area contributed by atoms with Gasteiger partial charge in [-0.05, 0) is 12.8 Å². The molecule has 0 spiro atoms. The number of likely N-dealkylation sites (tertiary alicyclic amines) is 1. The summed E-state index contributed by atoms with van der Waals surface area (Å²) in [6.45, 7) is 9.27. The number of carbonyl (C=O) groups excluding carboxylic acids is 3. The number of carbonyl (C=O) groups is 3. The zero-order chi connectivity index (χ0) is 16.3. The summed E-state index contributed by atoms with van der Waals surface area (Å²) in [4.78, 5) is 41.4. The fourth-order valence-electron chi connectivity index (χ4n) is 3.21. The van der Waals surface area contributed by atoms with E-state index in [0.717, 1.165) is 12.8 Å². The van der Waals surface area contributed by atoms with Gasteiger partial charge >= 0.3 is 0 Å². The minimum Gasteiger partial charge on any atom is -0.343 e. The van der Waals surface area contributed by atoms with Gasteiger partial charge in [-0.1, -0.05) is 13.8 Å². The van der Waals surface area contributed by atoms with Crippen LogP contribution in [0.4, 0.5) is 0 Å². The molecule has 0 unspecified atom stereocenters. The summed E-state index contributed by atoms with van der Waals surface area (Å²) in [5, 5.41) is 0. The lowest BCUT2D eigenvalue weighted by atomic mass is 9.95. The molecule has 0 saturated carbocycles. The van der Waals surface area contributed by atoms with Gasteiger partial charge in [0.05, 0.1) is 0 Å². The van der Waals surface area contributed by atoms with E-state index >= 15 is 0 Å². The van der Waals surface area contributed by atoms with Crippen LogP contribution in [0.2, 0.25) is 0 Å². The maximum atomic E-state index is 12.6. The van der Waals surface area contributed by atoms with Gasteiger partial charge in [0.15, 0.2) is 0 Å². The number of nitrogens with zero attached hydrogens (tertiary/aromatic N) is 3. The fourth-order valence-corrected chi connectivity index (χ4v) is 3.21. The Balaban J connectivity index is 1.81. The first-order valence-corrected chi connectivity index (χ1v) is 8.23. The van der Waals surface area contributed by atoms with E-state index in [1.54, 1.807) is 6.92 Å². The smallest absolute Gasteiger partial charge is 0.225 e. The molecule has 3 amide bonds. The molecular weight excluding hydrogens is 282 g/mol. The number of piperazine rings is 1. The average molecular weight is 309 g/mol. The Hall–Kier alpha value is -1.59. The summed E-state index contributed by atoms with van der Waals surface area (Å²) in [6.07, 6.45) is 1.51. The lowest BCUT2D eigenvalue weighted by Gasteiger charge is -2.39. The highest BCUT2D eigenvalue weighted by Crippen LogP contribution is 2.21. The SMILES string of the molecule is CC(=O)N1CCC(C(=O)N2CCN(C(=O)C(C)C)CC2)CC1. The minimum absolute atomic E-state index is 0.0122. The summed E-state index contributed by atoms with van der Waals surface area (Å²) >= 11 is 0. The largest absolute Gasteiger partial charge is 0.343 e. The molecule has 0 radical (unpaired) electrons. The van der Waals surface area contributed by atoms with E-state index in [1.807, 2.05) is 28.5 Å². The van der Waals surface area contributed by atoms with Crippen molar-refractivity contribution < 1.29 is 14.4 Å². The van der Waals surface area contributed by atoms with E-state index in [2.05, 4.69) is 0 Å². The lowest BCUT2D eigenvalue weighted by Crippen LogP contribution is -2.53. The van der Waals surface area contributed by atoms with Crippen LogP contribution in [0, 0.1) is 11.8 Å². The van der Waals surface area contributed by atoms with Gasteiger partial charge in [-0.15, -0.1) is 0 Å². The molecule has 0 atom stereocenters. The number of amides is 3. The molecule has 0 bridgehead atoms. The van der Waals surface area contributed by atoms with Gasteiger partial charge in [0.1, 0.15) is 0 Å². The molecule has 2 aliphatic heterocycles. The summed E-state index contributed by atoms with van der Waals surface area (Å²) in [7, 11) is 0. The normalized spacial score (nSPS) is 20.5. The molecule has 2 aliphatic rings. The van der Waals surface area contributed by atoms with Crippen LogP contribution in [0.1, 0.15) is 33.6 Å². The molecule has 124 valence electrons. The van der Waals surface area contributed by atoms with E-state index < -0.39 is 0 Å². The zero-order valence-electron chi connectivity index (χ0n) is 13.9. The Kier molecular flexibility index (Phi) is 5.42. The topological polar surface area (TPSA) is 60.9 Å². The van der Waals surface area contributed by atoms with E-state index in [4.69, 9.17) is 0 Å². The first-order valence-electron chi connectivity index (χ1n) is 8.23. The molecule has 0 N–H and O–H groups in total. The second kappa shape index (κ2) is 7.11. The summed E-state index contributed by atoms with van der Waals surface area (Å²) in [5.41, 5.74) is 0. The molecule has 0 aromatic rings. The Labute approximate surface area is 132 Å². The first-order chi connectivity index (χ1) is 10.4. The molecule has 0 aromatic heterocycles. The third-order valence-corrected chi connectivity index (χ3v) is 4.69. The highest BCUT2D eigenvalue weighted by atomic mass is 16.2. The predicted molar refractivity (Wildman–Crippen MR) is 83.0 cm³/mol. The van der Waals surface area contributed by atoms with Gasteiger partial charge < -0.3 is 14.7 Å². The number of hydrogen-bond donors (Lipinski definition) is 0. The summed E-state index contributed by atoms with van der Waals surface area (Å²) in [6, 6.07) is 0. The average Bonchev–Trinajstić information content (AvgIpc) is 2.53. The maximum absolute atomic E-state index is 12.6. The Morgan fingerprint density at radius 2 is 1.32 bits per heavy atom. The van der Waals surface area contributed by atoms with Crippen molar-refractivity contribution in [2.24, 2.45) is 11.8 Å². The van der Waals surface area contributed by atoms with Crippen molar-refractivity contribution >= 4 is 17.7 Å². The molecule has 6 heteroatoms. The lowest BCUT2D eigenvalue weighted by molar-refractivity contribution is -0.145. The van der Waals surface area contributed by atoms with Crippen molar-refractivity contribution in [2.75, 3.05) is 39.3 Å². The monoisotopic (exact) mass is 309 g/mol. The van der Waals surface area contributed by atoms with Crippen LogP contribution in [0.25, 0.3) is 0 Å². The third-order valence-electron chi connectivity index (χ3n) is 4.69. The molecule has 2 heterocycles. The highest BCUT2D eigenvalue weighted by Gasteiger charge is 2.32. The van der Waals surface area contributed by atoms with Crippen molar-refractivity contribution in [3.05, 3.63) is 0 Å². The third kappa shape index (κ3) is 3.78. The minimum atomic E-state index is 0.0122. The molecular formula is C16H27N3O3. The second-order valence-electron chi connectivity index (χ2n) is 6.59. The van der Waals surface area contributed by atoms with E-state index in [-0.39, 0.29) is 29.6 Å². The predicted octanol–water partition coefficient (Wildman–Crippen LogP) is 0.572. The van der Waals surface area contributed by atoms with Crippen molar-refractivity contribution in [2.45, 2.75) is 33.6 Å². The molecule has 2 rings (SSSR count). The van der Waals surface area contributed by atoms with Crippen LogP contribution in [0.15, 0.2) is 0 Å². The molecule has 2 fully saturated rings. The van der Waals surface area contributed by atoms with Crippen molar-refractivity contribution in [1.29, 1.82) is 0 Å². The summed E-state index contributed by atoms with van der Waals surface area (Å²) in [5.74, 6) is 0.495. The van der Waals surface area contributed by atoms with Crippen LogP contribution < -0.4 is 0 Å². The first kappa shape index (κ1) is 16.8. The van der Waals surface area contributed by atoms with Gasteiger partial charge in [0.25, 0.3) is 0 Å². The van der Waals surface area contributed by atoms with Gasteiger partial charge in [-0.25, -0.2) is 0 Å². The molecule has 0 aliphatic carbocycles. The van der Waals surface area contributed by atoms with Crippen molar-refractivity contribution in [1.82, 2.24) is 14.7 Å². The maximum Gasteiger partial charge on any atom is 0.225 e. The van der Waals surface area contributed by atoms with E-state index in [0.29, 0.717) is 39.3 Å². The molecule has 0 aromatic carbocycles. The molecule has 2 saturated heterocycles. The fraction of sp³-hybridized carbons (Fsp3) is 0.812. The summed E-state index contributed by atoms with van der Waals surface area (Å²) < 4.78 is 0. The molecule has 22 heavy (non-hydrogen) atoms. The van der Waals surface area contributed by atoms with Crippen LogP contribution >= 0.6 is 0 Å². The number of piperidine rings is 1. The van der Waals surface area contributed by atoms with Crippen LogP contribution in [0.3, 0.4) is 0 Å². The molecule has 6 nitrogen and oxygen atoms in total. The zero-order valence-corrected chi connectivity index (χ0v) is 13.9. The van der Waals surface area contributed by atoms with Crippen LogP contribution in [-0.4, -0.2) is 71.7 Å². The van der Waals surface area contributed by atoms with Gasteiger partial charge in [0, 0.05) is 58.0 Å². The Bertz CT molecular complexity index is 434. The second-order valence-corrected chi connectivity index (χ2v) is 6.59. The Morgan fingerprint density at radius 3 is 1.77 bits per heavy atom. The standard InChI is InChI=1S/C16H27N3O3/c1-12(2)15(21)18-8-10-19(11-9-18)16(22)14-4-6-17(7-5-14)13(3)20/h12,14H,4-11H2,1-3H3. The number of rotatable bonds is 2. The van der Waals surface area contributed by atoms with Crippen molar-refractivity contribution in [3.8, 4) is 0 Å². The van der Waals surface area contributed by atoms with Crippen LogP contribution in [0.5, 0.6) is 0 Å². The quantitative estimate of drug-likeness (QED) is 0.749. The van der Waals surface area contributed by atoms with E-state index in [9.17, 15) is 14.4 Å². The highest BCUT2D eigenvalue weighted by molar-refractivity contribution is 5.81. The number of hydrogen-bond acceptors (Lipinski definition) is 3. The van der Waals surface area contributed by atoms with Crippen molar-refractivity contribution in [3.63, 3.8) is 0 Å². The van der Waals surface area contributed by atoms with E-state index in [1.165, 1.54) is 0 Å². The van der Waals surface area contributed by atoms with Gasteiger partial charge in [-0.3, -0.25) is 14.4 Å². The van der Waals surface area contributed by atoms with Gasteiger partial charge in [0.2, 0.25) is 17.7 Å². The Morgan fingerprint density at radius 1 is 0.818 bits per heavy atom. The van der Waals surface area contributed by atoms with Gasteiger partial charge in [-0.2, -0.15) is 0 Å². The van der Waals surface area contributed by atoms with Crippen LogP contribution in [-0.2, 0) is 14.4 Å².